The van der Waals surface area contributed by atoms with Gasteiger partial charge in [0.25, 0.3) is 5.91 Å². The van der Waals surface area contributed by atoms with Crippen LogP contribution < -0.4 is 5.32 Å². The van der Waals surface area contributed by atoms with E-state index in [1.165, 1.54) is 6.07 Å². The number of amides is 1. The van der Waals surface area contributed by atoms with Crippen LogP contribution in [0.4, 0.5) is 0 Å². The highest BCUT2D eigenvalue weighted by molar-refractivity contribution is 7.99. The van der Waals surface area contributed by atoms with Crippen LogP contribution in [0.25, 0.3) is 0 Å². The summed E-state index contributed by atoms with van der Waals surface area (Å²) in [6.45, 7) is 2.33. The third kappa shape index (κ3) is 3.85. The quantitative estimate of drug-likeness (QED) is 0.725. The van der Waals surface area contributed by atoms with Crippen LogP contribution in [-0.2, 0) is 4.79 Å². The van der Waals surface area contributed by atoms with Gasteiger partial charge in [-0.15, -0.1) is 10.2 Å². The monoisotopic (exact) mass is 241 g/mol. The molecule has 16 heavy (non-hydrogen) atoms. The number of carboxylic acids is 1. The fraction of sp³-hybridized carbons (Fsp3) is 0.333. The Hall–Kier alpha value is -1.63. The molecule has 7 heteroatoms. The van der Waals surface area contributed by atoms with Crippen molar-refractivity contribution in [1.82, 2.24) is 15.5 Å². The maximum absolute atomic E-state index is 11.3. The third-order valence-corrected chi connectivity index (χ3v) is 2.46. The van der Waals surface area contributed by atoms with Crippen molar-refractivity contribution in [2.45, 2.75) is 11.9 Å². The van der Waals surface area contributed by atoms with Gasteiger partial charge in [-0.1, -0.05) is 11.8 Å². The van der Waals surface area contributed by atoms with E-state index in [0.717, 1.165) is 11.8 Å². The molecule has 0 aliphatic rings. The molecule has 2 N–H and O–H groups in total. The first-order valence-electron chi connectivity index (χ1n) is 4.60. The van der Waals surface area contributed by atoms with E-state index in [9.17, 15) is 9.59 Å². The Balaban J connectivity index is 2.60. The van der Waals surface area contributed by atoms with E-state index in [4.69, 9.17) is 5.11 Å². The number of rotatable bonds is 5. The van der Waals surface area contributed by atoms with Crippen molar-refractivity contribution in [3.8, 4) is 0 Å². The minimum atomic E-state index is -0.917. The van der Waals surface area contributed by atoms with E-state index in [1.54, 1.807) is 6.07 Å². The SMILES string of the molecule is CCNC(=O)c1ccc(SCC(=O)O)nn1. The lowest BCUT2D eigenvalue weighted by Gasteiger charge is -2.01. The normalized spacial score (nSPS) is 9.81. The predicted molar refractivity (Wildman–Crippen MR) is 58.4 cm³/mol. The van der Waals surface area contributed by atoms with E-state index < -0.39 is 5.97 Å². The smallest absolute Gasteiger partial charge is 0.313 e. The molecule has 1 aromatic rings. The molecule has 0 aromatic carbocycles. The van der Waals surface area contributed by atoms with Crippen LogP contribution in [0.5, 0.6) is 0 Å². The summed E-state index contributed by atoms with van der Waals surface area (Å²) in [5, 5.41) is 19.0. The Bertz CT molecular complexity index is 380. The Labute approximate surface area is 96.5 Å². The van der Waals surface area contributed by atoms with Crippen molar-refractivity contribution >= 4 is 23.6 Å². The van der Waals surface area contributed by atoms with Crippen molar-refractivity contribution in [3.63, 3.8) is 0 Å². The minimum absolute atomic E-state index is 0.0742. The number of hydrogen-bond donors (Lipinski definition) is 2. The van der Waals surface area contributed by atoms with E-state index in [2.05, 4.69) is 15.5 Å². The second-order valence-corrected chi connectivity index (χ2v) is 3.79. The molecule has 1 heterocycles. The molecule has 0 fully saturated rings. The first-order valence-corrected chi connectivity index (χ1v) is 5.58. The predicted octanol–water partition coefficient (Wildman–Crippen LogP) is 0.403. The first-order chi connectivity index (χ1) is 7.63. The maximum Gasteiger partial charge on any atom is 0.313 e. The molecule has 1 rings (SSSR count). The molecule has 0 aliphatic heterocycles. The fourth-order valence-electron chi connectivity index (χ4n) is 0.905. The summed E-state index contributed by atoms with van der Waals surface area (Å²) >= 11 is 1.06. The molecule has 0 saturated heterocycles. The van der Waals surface area contributed by atoms with Gasteiger partial charge in [0.05, 0.1) is 5.75 Å². The molecule has 6 nitrogen and oxygen atoms in total. The summed E-state index contributed by atoms with van der Waals surface area (Å²) in [5.41, 5.74) is 0.224. The van der Waals surface area contributed by atoms with Gasteiger partial charge >= 0.3 is 5.97 Å². The van der Waals surface area contributed by atoms with Crippen LogP contribution in [0, 0.1) is 0 Å². The van der Waals surface area contributed by atoms with Crippen molar-refractivity contribution in [1.29, 1.82) is 0 Å². The number of hydrogen-bond acceptors (Lipinski definition) is 5. The van der Waals surface area contributed by atoms with Gasteiger partial charge in [-0.3, -0.25) is 9.59 Å². The second kappa shape index (κ2) is 6.06. The van der Waals surface area contributed by atoms with Crippen molar-refractivity contribution in [2.24, 2.45) is 0 Å². The van der Waals surface area contributed by atoms with Gasteiger partial charge in [0, 0.05) is 6.54 Å². The molecule has 1 amide bonds. The van der Waals surface area contributed by atoms with Crippen LogP contribution in [0.1, 0.15) is 17.4 Å². The van der Waals surface area contributed by atoms with Gasteiger partial charge in [-0.05, 0) is 19.1 Å². The zero-order valence-corrected chi connectivity index (χ0v) is 9.45. The summed E-state index contributed by atoms with van der Waals surface area (Å²) in [6.07, 6.45) is 0. The maximum atomic E-state index is 11.3. The Morgan fingerprint density at radius 2 is 2.19 bits per heavy atom. The molecular formula is C9H11N3O3S. The lowest BCUT2D eigenvalue weighted by molar-refractivity contribution is -0.133. The lowest BCUT2D eigenvalue weighted by Crippen LogP contribution is -2.23. The molecule has 86 valence electrons. The van der Waals surface area contributed by atoms with Crippen LogP contribution in [0.15, 0.2) is 17.2 Å². The second-order valence-electron chi connectivity index (χ2n) is 2.80. The number of thioether (sulfide) groups is 1. The summed E-state index contributed by atoms with van der Waals surface area (Å²) < 4.78 is 0. The Kier molecular flexibility index (Phi) is 4.71. The number of carboxylic acid groups (broad SMARTS) is 1. The zero-order chi connectivity index (χ0) is 12.0. The van der Waals surface area contributed by atoms with E-state index >= 15 is 0 Å². The molecule has 0 atom stereocenters. The molecule has 0 spiro atoms. The summed E-state index contributed by atoms with van der Waals surface area (Å²) in [6, 6.07) is 3.09. The molecule has 0 radical (unpaired) electrons. The third-order valence-electron chi connectivity index (χ3n) is 1.55. The van der Waals surface area contributed by atoms with Crippen LogP contribution in [-0.4, -0.2) is 39.5 Å². The standard InChI is InChI=1S/C9H11N3O3S/c1-2-10-9(15)6-3-4-7(12-11-6)16-5-8(13)14/h3-4H,2,5H2,1H3,(H,10,15)(H,13,14). The molecule has 0 bridgehead atoms. The molecule has 1 aromatic heterocycles. The number of carbonyl (C=O) groups excluding carboxylic acids is 1. The fourth-order valence-corrected chi connectivity index (χ4v) is 1.44. The summed E-state index contributed by atoms with van der Waals surface area (Å²) in [5.74, 6) is -1.28. The number of aromatic nitrogens is 2. The number of carbonyl (C=O) groups is 2. The molecular weight excluding hydrogens is 230 g/mol. The number of nitrogens with zero attached hydrogens (tertiary/aromatic N) is 2. The largest absolute Gasteiger partial charge is 0.481 e. The molecule has 0 saturated carbocycles. The van der Waals surface area contributed by atoms with Crippen molar-refractivity contribution in [2.75, 3.05) is 12.3 Å². The van der Waals surface area contributed by atoms with Gasteiger partial charge in [-0.25, -0.2) is 0 Å². The average Bonchev–Trinajstić information content (AvgIpc) is 2.27. The van der Waals surface area contributed by atoms with Crippen LogP contribution in [0.2, 0.25) is 0 Å². The van der Waals surface area contributed by atoms with Crippen LogP contribution in [0.3, 0.4) is 0 Å². The average molecular weight is 241 g/mol. The zero-order valence-electron chi connectivity index (χ0n) is 8.64. The molecule has 0 aliphatic carbocycles. The highest BCUT2D eigenvalue weighted by Gasteiger charge is 2.07. The van der Waals surface area contributed by atoms with Crippen LogP contribution >= 0.6 is 11.8 Å². The lowest BCUT2D eigenvalue weighted by atomic mass is 10.4. The Morgan fingerprint density at radius 1 is 1.44 bits per heavy atom. The van der Waals surface area contributed by atoms with Gasteiger partial charge < -0.3 is 10.4 Å². The number of aliphatic carboxylic acids is 1. The highest BCUT2D eigenvalue weighted by atomic mass is 32.2. The van der Waals surface area contributed by atoms with E-state index in [-0.39, 0.29) is 17.4 Å². The van der Waals surface area contributed by atoms with Crippen molar-refractivity contribution in [3.05, 3.63) is 17.8 Å². The molecule has 0 unspecified atom stereocenters. The summed E-state index contributed by atoms with van der Waals surface area (Å²) in [4.78, 5) is 21.6. The van der Waals surface area contributed by atoms with E-state index in [1.807, 2.05) is 6.92 Å². The van der Waals surface area contributed by atoms with Gasteiger partial charge in [0.15, 0.2) is 5.69 Å². The Morgan fingerprint density at radius 3 is 2.69 bits per heavy atom. The minimum Gasteiger partial charge on any atom is -0.481 e. The van der Waals surface area contributed by atoms with E-state index in [0.29, 0.717) is 11.6 Å². The summed E-state index contributed by atoms with van der Waals surface area (Å²) in [7, 11) is 0. The first kappa shape index (κ1) is 12.4. The van der Waals surface area contributed by atoms with Gasteiger partial charge in [-0.2, -0.15) is 0 Å². The van der Waals surface area contributed by atoms with Gasteiger partial charge in [0.2, 0.25) is 0 Å². The van der Waals surface area contributed by atoms with Gasteiger partial charge in [0.1, 0.15) is 5.03 Å². The topological polar surface area (TPSA) is 92.2 Å². The number of nitrogens with one attached hydrogen (secondary N) is 1. The van der Waals surface area contributed by atoms with Crippen molar-refractivity contribution < 1.29 is 14.7 Å². The highest BCUT2D eigenvalue weighted by Crippen LogP contribution is 2.13.